The predicted molar refractivity (Wildman–Crippen MR) is 105 cm³/mol. The number of hydrogen-bond acceptors (Lipinski definition) is 5. The molecule has 146 valence electrons. The van der Waals surface area contributed by atoms with E-state index < -0.39 is 17.9 Å². The lowest BCUT2D eigenvalue weighted by atomic mass is 10.0. The molecule has 2 N–H and O–H groups in total. The van der Waals surface area contributed by atoms with E-state index in [2.05, 4.69) is 27.0 Å². The van der Waals surface area contributed by atoms with Crippen molar-refractivity contribution < 1.29 is 14.1 Å². The second kappa shape index (κ2) is 7.67. The first kappa shape index (κ1) is 19.3. The van der Waals surface area contributed by atoms with E-state index in [1.54, 1.807) is 37.7 Å². The summed E-state index contributed by atoms with van der Waals surface area (Å²) in [6, 6.07) is 8.64. The molecule has 0 aliphatic carbocycles. The third-order valence-corrected chi connectivity index (χ3v) is 4.54. The van der Waals surface area contributed by atoms with Gasteiger partial charge in [-0.2, -0.15) is 5.10 Å². The zero-order chi connectivity index (χ0) is 20.4. The fourth-order valence-corrected chi connectivity index (χ4v) is 2.75. The number of carbonyl (C=O) groups excluding carboxylic acids is 2. The van der Waals surface area contributed by atoms with Crippen LogP contribution in [0.3, 0.4) is 0 Å². The van der Waals surface area contributed by atoms with E-state index >= 15 is 0 Å². The first-order valence-corrected chi connectivity index (χ1v) is 8.91. The molecule has 1 aromatic carbocycles. The van der Waals surface area contributed by atoms with Gasteiger partial charge in [-0.25, -0.2) is 0 Å². The second-order valence-corrected chi connectivity index (χ2v) is 6.84. The number of anilines is 1. The molecule has 0 saturated carbocycles. The number of benzene rings is 1. The van der Waals surface area contributed by atoms with Gasteiger partial charge in [0.15, 0.2) is 11.5 Å². The lowest BCUT2D eigenvalue weighted by Crippen LogP contribution is -2.41. The first-order valence-electron chi connectivity index (χ1n) is 8.91. The molecule has 0 bridgehead atoms. The lowest BCUT2D eigenvalue weighted by Gasteiger charge is -2.11. The van der Waals surface area contributed by atoms with Crippen LogP contribution in [0, 0.1) is 20.8 Å². The van der Waals surface area contributed by atoms with Crippen LogP contribution >= 0.6 is 0 Å². The average Bonchev–Trinajstić information content (AvgIpc) is 3.23. The molecule has 3 rings (SSSR count). The molecular formula is C20H23N5O3. The molecule has 2 heterocycles. The Balaban J connectivity index is 1.70. The van der Waals surface area contributed by atoms with Crippen LogP contribution < -0.4 is 10.6 Å². The van der Waals surface area contributed by atoms with Gasteiger partial charge >= 0.3 is 0 Å². The number of rotatable bonds is 5. The minimum absolute atomic E-state index is 0.243. The van der Waals surface area contributed by atoms with E-state index in [-0.39, 0.29) is 5.69 Å². The number of aromatic nitrogens is 3. The Kier molecular flexibility index (Phi) is 5.30. The Bertz CT molecular complexity index is 1030. The number of amides is 2. The number of nitrogens with zero attached hydrogens (tertiary/aromatic N) is 3. The molecule has 8 heteroatoms. The SMILES string of the molecule is Cc1cc(NC(=O)[C@H](C)NC(=O)c2cc(-c3ccc(C)c(C)c3)n(C)n2)no1. The van der Waals surface area contributed by atoms with Crippen molar-refractivity contribution in [1.82, 2.24) is 20.3 Å². The number of carbonyl (C=O) groups is 2. The fourth-order valence-electron chi connectivity index (χ4n) is 2.75. The summed E-state index contributed by atoms with van der Waals surface area (Å²) < 4.78 is 6.56. The molecule has 0 unspecified atom stereocenters. The van der Waals surface area contributed by atoms with Crippen molar-refractivity contribution in [2.75, 3.05) is 5.32 Å². The summed E-state index contributed by atoms with van der Waals surface area (Å²) in [4.78, 5) is 24.8. The van der Waals surface area contributed by atoms with Gasteiger partial charge in [-0.15, -0.1) is 0 Å². The van der Waals surface area contributed by atoms with E-state index in [0.717, 1.165) is 16.8 Å². The van der Waals surface area contributed by atoms with E-state index in [1.165, 1.54) is 5.56 Å². The van der Waals surface area contributed by atoms with Crippen LogP contribution in [-0.2, 0) is 11.8 Å². The van der Waals surface area contributed by atoms with Gasteiger partial charge in [-0.3, -0.25) is 14.3 Å². The monoisotopic (exact) mass is 381 g/mol. The van der Waals surface area contributed by atoms with Crippen molar-refractivity contribution in [1.29, 1.82) is 0 Å². The molecule has 2 amide bonds. The maximum absolute atomic E-state index is 12.5. The number of aryl methyl sites for hydroxylation is 4. The lowest BCUT2D eigenvalue weighted by molar-refractivity contribution is -0.117. The summed E-state index contributed by atoms with van der Waals surface area (Å²) in [5.74, 6) is 0.0643. The van der Waals surface area contributed by atoms with Crippen molar-refractivity contribution in [3.8, 4) is 11.3 Å². The smallest absolute Gasteiger partial charge is 0.272 e. The maximum Gasteiger partial charge on any atom is 0.272 e. The van der Waals surface area contributed by atoms with Crippen molar-refractivity contribution in [3.63, 3.8) is 0 Å². The van der Waals surface area contributed by atoms with Gasteiger partial charge in [0.05, 0.1) is 5.69 Å². The zero-order valence-corrected chi connectivity index (χ0v) is 16.5. The summed E-state index contributed by atoms with van der Waals surface area (Å²) in [6.45, 7) is 7.41. The second-order valence-electron chi connectivity index (χ2n) is 6.84. The molecule has 8 nitrogen and oxygen atoms in total. The standard InChI is InChI=1S/C20H23N5O3/c1-11-6-7-15(8-12(11)2)17-10-16(23-25(17)5)20(27)21-14(4)19(26)22-18-9-13(3)28-24-18/h6-10,14H,1-5H3,(H,21,27)(H,22,24,26)/t14-/m0/s1. The molecule has 2 aromatic heterocycles. The van der Waals surface area contributed by atoms with E-state index in [0.29, 0.717) is 11.6 Å². The largest absolute Gasteiger partial charge is 0.360 e. The Morgan fingerprint density at radius 3 is 2.50 bits per heavy atom. The molecule has 0 saturated heterocycles. The maximum atomic E-state index is 12.5. The molecule has 0 aliphatic rings. The van der Waals surface area contributed by atoms with E-state index in [4.69, 9.17) is 4.52 Å². The van der Waals surface area contributed by atoms with Gasteiger partial charge in [0.2, 0.25) is 5.91 Å². The zero-order valence-electron chi connectivity index (χ0n) is 16.5. The molecule has 0 aliphatic heterocycles. The summed E-state index contributed by atoms with van der Waals surface area (Å²) in [5, 5.41) is 13.2. The van der Waals surface area contributed by atoms with Crippen LogP contribution in [0.1, 0.15) is 34.3 Å². The number of hydrogen-bond donors (Lipinski definition) is 2. The van der Waals surface area contributed by atoms with Gasteiger partial charge in [0.1, 0.15) is 11.8 Å². The average molecular weight is 381 g/mol. The van der Waals surface area contributed by atoms with E-state index in [1.807, 2.05) is 26.0 Å². The molecule has 3 aromatic rings. The third kappa shape index (κ3) is 4.11. The van der Waals surface area contributed by atoms with Crippen LogP contribution in [0.15, 0.2) is 34.9 Å². The molecule has 0 radical (unpaired) electrons. The summed E-state index contributed by atoms with van der Waals surface area (Å²) in [5.41, 5.74) is 4.41. The van der Waals surface area contributed by atoms with Crippen molar-refractivity contribution >= 4 is 17.6 Å². The molecule has 28 heavy (non-hydrogen) atoms. The summed E-state index contributed by atoms with van der Waals surface area (Å²) in [6.07, 6.45) is 0. The summed E-state index contributed by atoms with van der Waals surface area (Å²) in [7, 11) is 1.78. The minimum atomic E-state index is -0.767. The van der Waals surface area contributed by atoms with Gasteiger partial charge in [-0.1, -0.05) is 17.3 Å². The van der Waals surface area contributed by atoms with Crippen molar-refractivity contribution in [2.24, 2.45) is 7.05 Å². The number of nitrogens with one attached hydrogen (secondary N) is 2. The highest BCUT2D eigenvalue weighted by Gasteiger charge is 2.20. The van der Waals surface area contributed by atoms with Gasteiger partial charge in [0.25, 0.3) is 5.91 Å². The van der Waals surface area contributed by atoms with E-state index in [9.17, 15) is 9.59 Å². The molecule has 0 spiro atoms. The summed E-state index contributed by atoms with van der Waals surface area (Å²) >= 11 is 0. The Morgan fingerprint density at radius 2 is 1.86 bits per heavy atom. The van der Waals surface area contributed by atoms with Crippen LogP contribution in [0.4, 0.5) is 5.82 Å². The first-order chi connectivity index (χ1) is 13.2. The van der Waals surface area contributed by atoms with Gasteiger partial charge in [0, 0.05) is 18.7 Å². The van der Waals surface area contributed by atoms with Gasteiger partial charge < -0.3 is 15.2 Å². The third-order valence-electron chi connectivity index (χ3n) is 4.54. The van der Waals surface area contributed by atoms with Crippen LogP contribution in [0.5, 0.6) is 0 Å². The Hall–Kier alpha value is -3.42. The van der Waals surface area contributed by atoms with Gasteiger partial charge in [-0.05, 0) is 51.0 Å². The topological polar surface area (TPSA) is 102 Å². The normalized spacial score (nSPS) is 11.9. The van der Waals surface area contributed by atoms with Crippen LogP contribution in [-0.4, -0.2) is 32.8 Å². The molecule has 1 atom stereocenters. The molecule has 0 fully saturated rings. The minimum Gasteiger partial charge on any atom is -0.360 e. The highest BCUT2D eigenvalue weighted by molar-refractivity contribution is 6.00. The van der Waals surface area contributed by atoms with Crippen LogP contribution in [0.25, 0.3) is 11.3 Å². The van der Waals surface area contributed by atoms with Crippen LogP contribution in [0.2, 0.25) is 0 Å². The quantitative estimate of drug-likeness (QED) is 0.707. The molecular weight excluding hydrogens is 358 g/mol. The van der Waals surface area contributed by atoms with Crippen molar-refractivity contribution in [3.05, 3.63) is 52.9 Å². The fraction of sp³-hybridized carbons (Fsp3) is 0.300. The van der Waals surface area contributed by atoms with Crippen molar-refractivity contribution in [2.45, 2.75) is 33.7 Å². The highest BCUT2D eigenvalue weighted by Crippen LogP contribution is 2.22. The predicted octanol–water partition coefficient (Wildman–Crippen LogP) is 2.76. The Morgan fingerprint density at radius 1 is 1.11 bits per heavy atom. The highest BCUT2D eigenvalue weighted by atomic mass is 16.5. The Labute approximate surface area is 162 Å².